The third-order valence-corrected chi connectivity index (χ3v) is 6.29. The van der Waals surface area contributed by atoms with E-state index in [1.807, 2.05) is 11.8 Å². The number of benzene rings is 2. The largest absolute Gasteiger partial charge is 0.394 e. The van der Waals surface area contributed by atoms with Crippen LogP contribution in [0.25, 0.3) is 5.57 Å². The Morgan fingerprint density at radius 1 is 0.885 bits per heavy atom. The molecule has 0 atom stereocenters. The predicted octanol–water partition coefficient (Wildman–Crippen LogP) is 4.06. The van der Waals surface area contributed by atoms with Gasteiger partial charge in [-0.2, -0.15) is 0 Å². The Morgan fingerprint density at radius 2 is 1.50 bits per heavy atom. The van der Waals surface area contributed by atoms with E-state index >= 15 is 0 Å². The summed E-state index contributed by atoms with van der Waals surface area (Å²) >= 11 is 1.88. The average Bonchev–Trinajstić information content (AvgIpc) is 2.70. The minimum absolute atomic E-state index is 0.104. The second kappa shape index (κ2) is 8.40. The molecule has 1 N–H and O–H groups in total. The summed E-state index contributed by atoms with van der Waals surface area (Å²) in [6.07, 6.45) is 2.23. The van der Waals surface area contributed by atoms with Crippen LogP contribution in [-0.2, 0) is 4.74 Å². The van der Waals surface area contributed by atoms with Crippen LogP contribution in [0.3, 0.4) is 0 Å². The van der Waals surface area contributed by atoms with E-state index in [0.29, 0.717) is 13.2 Å². The quantitative estimate of drug-likeness (QED) is 0.690. The maximum atomic E-state index is 8.80. The van der Waals surface area contributed by atoms with Gasteiger partial charge in [0.2, 0.25) is 0 Å². The molecule has 0 radical (unpaired) electrons. The van der Waals surface area contributed by atoms with Crippen molar-refractivity contribution in [3.63, 3.8) is 0 Å². The zero-order valence-electron chi connectivity index (χ0n) is 15.0. The molecule has 2 aromatic rings. The number of rotatable bonds is 5. The maximum Gasteiger partial charge on any atom is 0.0698 e. The summed E-state index contributed by atoms with van der Waals surface area (Å²) in [5.41, 5.74) is 5.83. The van der Waals surface area contributed by atoms with Gasteiger partial charge in [-0.05, 0) is 41.7 Å². The van der Waals surface area contributed by atoms with Crippen LogP contribution in [0.15, 0.2) is 63.9 Å². The van der Waals surface area contributed by atoms with Crippen molar-refractivity contribution in [2.45, 2.75) is 22.6 Å². The predicted molar refractivity (Wildman–Crippen MR) is 107 cm³/mol. The van der Waals surface area contributed by atoms with Gasteiger partial charge >= 0.3 is 0 Å². The van der Waals surface area contributed by atoms with Gasteiger partial charge < -0.3 is 14.7 Å². The van der Waals surface area contributed by atoms with Gasteiger partial charge in [-0.25, -0.2) is 0 Å². The summed E-state index contributed by atoms with van der Waals surface area (Å²) in [7, 11) is 0. The third-order valence-electron chi connectivity index (χ3n) is 5.13. The van der Waals surface area contributed by atoms with Gasteiger partial charge in [0.1, 0.15) is 0 Å². The number of aliphatic hydroxyl groups excluding tert-OH is 1. The summed E-state index contributed by atoms with van der Waals surface area (Å²) in [6, 6.07) is 17.6. The molecule has 0 saturated carbocycles. The van der Waals surface area contributed by atoms with E-state index in [0.717, 1.165) is 32.5 Å². The number of nitrogens with zero attached hydrogens (tertiary/aromatic N) is 1. The van der Waals surface area contributed by atoms with Gasteiger partial charge in [-0.1, -0.05) is 53.7 Å². The number of fused-ring (bicyclic) bond motifs is 2. The van der Waals surface area contributed by atoms with Crippen LogP contribution in [0.5, 0.6) is 0 Å². The Morgan fingerprint density at radius 3 is 2.12 bits per heavy atom. The first kappa shape index (κ1) is 17.8. The Labute approximate surface area is 159 Å². The Kier molecular flexibility index (Phi) is 5.75. The smallest absolute Gasteiger partial charge is 0.0698 e. The maximum absolute atomic E-state index is 8.80. The van der Waals surface area contributed by atoms with Gasteiger partial charge in [0.05, 0.1) is 19.8 Å². The molecule has 0 aromatic heterocycles. The van der Waals surface area contributed by atoms with Crippen molar-refractivity contribution < 1.29 is 9.84 Å². The number of ether oxygens (including phenoxy) is 1. The molecule has 136 valence electrons. The zero-order chi connectivity index (χ0) is 17.8. The first-order valence-electron chi connectivity index (χ1n) is 9.36. The molecule has 1 fully saturated rings. The van der Waals surface area contributed by atoms with Gasteiger partial charge in [-0.15, -0.1) is 0 Å². The molecule has 2 aliphatic heterocycles. The molecule has 4 heteroatoms. The van der Waals surface area contributed by atoms with Crippen molar-refractivity contribution >= 4 is 17.3 Å². The second-order valence-corrected chi connectivity index (χ2v) is 7.83. The Bertz CT molecular complexity index is 745. The van der Waals surface area contributed by atoms with Crippen molar-refractivity contribution in [1.29, 1.82) is 0 Å². The second-order valence-electron chi connectivity index (χ2n) is 6.75. The molecule has 2 aromatic carbocycles. The van der Waals surface area contributed by atoms with Crippen LogP contribution in [0, 0.1) is 0 Å². The van der Waals surface area contributed by atoms with E-state index in [-0.39, 0.29) is 6.61 Å². The Balaban J connectivity index is 1.56. The normalized spacial score (nSPS) is 17.1. The molecule has 2 aliphatic rings. The third kappa shape index (κ3) is 3.74. The van der Waals surface area contributed by atoms with Crippen LogP contribution in [0.4, 0.5) is 0 Å². The standard InChI is InChI=1S/C22H25NO2S/c24-14-16-25-15-13-23-11-9-17(10-12-23)22-18-5-1-3-7-20(18)26-21-8-4-2-6-19(21)22/h1-8,24H,9-16H2. The highest BCUT2D eigenvalue weighted by atomic mass is 32.2. The monoisotopic (exact) mass is 367 g/mol. The molecule has 0 bridgehead atoms. The molecule has 0 amide bonds. The molecule has 0 aliphatic carbocycles. The summed E-state index contributed by atoms with van der Waals surface area (Å²) in [4.78, 5) is 5.21. The van der Waals surface area contributed by atoms with E-state index in [4.69, 9.17) is 9.84 Å². The molecule has 26 heavy (non-hydrogen) atoms. The van der Waals surface area contributed by atoms with E-state index < -0.39 is 0 Å². The van der Waals surface area contributed by atoms with Crippen molar-refractivity contribution in [3.05, 3.63) is 65.2 Å². The molecule has 4 rings (SSSR count). The fourth-order valence-corrected chi connectivity index (χ4v) is 4.92. The molecular formula is C22H25NO2S. The van der Waals surface area contributed by atoms with E-state index in [9.17, 15) is 0 Å². The van der Waals surface area contributed by atoms with Crippen molar-refractivity contribution in [2.75, 3.05) is 39.5 Å². The molecule has 0 unspecified atom stereocenters. The summed E-state index contributed by atoms with van der Waals surface area (Å²) in [5, 5.41) is 8.80. The van der Waals surface area contributed by atoms with Crippen molar-refractivity contribution in [1.82, 2.24) is 4.90 Å². The number of hydrogen-bond donors (Lipinski definition) is 1. The number of hydrogen-bond acceptors (Lipinski definition) is 4. The first-order valence-corrected chi connectivity index (χ1v) is 10.2. The van der Waals surface area contributed by atoms with Crippen molar-refractivity contribution in [2.24, 2.45) is 0 Å². The number of aliphatic hydroxyl groups is 1. The molecule has 1 saturated heterocycles. The van der Waals surface area contributed by atoms with E-state index in [1.165, 1.54) is 26.5 Å². The lowest BCUT2D eigenvalue weighted by Crippen LogP contribution is -2.34. The minimum Gasteiger partial charge on any atom is -0.394 e. The van der Waals surface area contributed by atoms with E-state index in [1.54, 1.807) is 5.57 Å². The molecule has 0 spiro atoms. The number of likely N-dealkylation sites (tertiary alicyclic amines) is 1. The number of piperidine rings is 1. The average molecular weight is 368 g/mol. The lowest BCUT2D eigenvalue weighted by atomic mass is 9.88. The van der Waals surface area contributed by atoms with Crippen LogP contribution in [0.2, 0.25) is 0 Å². The topological polar surface area (TPSA) is 32.7 Å². The summed E-state index contributed by atoms with van der Waals surface area (Å²) in [6.45, 7) is 4.36. The van der Waals surface area contributed by atoms with Gasteiger partial charge in [0.25, 0.3) is 0 Å². The summed E-state index contributed by atoms with van der Waals surface area (Å²) in [5.74, 6) is 0. The van der Waals surface area contributed by atoms with Crippen LogP contribution in [0.1, 0.15) is 24.0 Å². The minimum atomic E-state index is 0.104. The van der Waals surface area contributed by atoms with Gasteiger partial charge in [0, 0.05) is 29.4 Å². The van der Waals surface area contributed by atoms with Crippen LogP contribution >= 0.6 is 11.8 Å². The molecule has 2 heterocycles. The van der Waals surface area contributed by atoms with Crippen LogP contribution < -0.4 is 0 Å². The Hall–Kier alpha value is -1.59. The lowest BCUT2D eigenvalue weighted by molar-refractivity contribution is 0.0720. The van der Waals surface area contributed by atoms with Crippen molar-refractivity contribution in [3.8, 4) is 0 Å². The molecule has 3 nitrogen and oxygen atoms in total. The van der Waals surface area contributed by atoms with Gasteiger partial charge in [-0.3, -0.25) is 0 Å². The first-order chi connectivity index (χ1) is 12.9. The molecular weight excluding hydrogens is 342 g/mol. The highest BCUT2D eigenvalue weighted by molar-refractivity contribution is 7.99. The zero-order valence-corrected chi connectivity index (χ0v) is 15.8. The highest BCUT2D eigenvalue weighted by Gasteiger charge is 2.25. The van der Waals surface area contributed by atoms with E-state index in [2.05, 4.69) is 53.4 Å². The fraction of sp³-hybridized carbons (Fsp3) is 0.364. The summed E-state index contributed by atoms with van der Waals surface area (Å²) < 4.78 is 5.42. The SMILES string of the molecule is OCCOCCN1CCC(=C2c3ccccc3Sc3ccccc32)CC1. The van der Waals surface area contributed by atoms with Gasteiger partial charge in [0.15, 0.2) is 0 Å². The van der Waals surface area contributed by atoms with Crippen LogP contribution in [-0.4, -0.2) is 49.5 Å². The fourth-order valence-electron chi connectivity index (χ4n) is 3.83. The lowest BCUT2D eigenvalue weighted by Gasteiger charge is -2.32. The highest BCUT2D eigenvalue weighted by Crippen LogP contribution is 2.47.